The number of nitrogens with one attached hydrogen (secondary N) is 1. The fourth-order valence-electron chi connectivity index (χ4n) is 2.11. The predicted octanol–water partition coefficient (Wildman–Crippen LogP) is 4.90. The van der Waals surface area contributed by atoms with E-state index in [9.17, 15) is 0 Å². The molecule has 0 amide bonds. The summed E-state index contributed by atoms with van der Waals surface area (Å²) in [6, 6.07) is 8.49. The molecular formula is C14H15Br2NOS. The SMILES string of the molecule is CNC(c1cc(C)ccc1OC)c1cc(Br)sc1Br. The summed E-state index contributed by atoms with van der Waals surface area (Å²) in [6.07, 6.45) is 0. The Bertz CT molecular complexity index is 583. The first-order valence-corrected chi connectivity index (χ1v) is 8.23. The highest BCUT2D eigenvalue weighted by molar-refractivity contribution is 9.12. The average Bonchev–Trinajstić information content (AvgIpc) is 2.70. The van der Waals surface area contributed by atoms with E-state index in [2.05, 4.69) is 62.3 Å². The molecule has 2 rings (SSSR count). The number of hydrogen-bond acceptors (Lipinski definition) is 3. The largest absolute Gasteiger partial charge is 0.496 e. The van der Waals surface area contributed by atoms with Gasteiger partial charge in [-0.3, -0.25) is 0 Å². The zero-order valence-electron chi connectivity index (χ0n) is 11.0. The third-order valence-electron chi connectivity index (χ3n) is 2.98. The van der Waals surface area contributed by atoms with Crippen LogP contribution in [0.25, 0.3) is 0 Å². The number of aryl methyl sites for hydroxylation is 1. The highest BCUT2D eigenvalue weighted by atomic mass is 79.9. The van der Waals surface area contributed by atoms with Gasteiger partial charge < -0.3 is 10.1 Å². The number of hydrogen-bond donors (Lipinski definition) is 1. The zero-order valence-corrected chi connectivity index (χ0v) is 14.9. The molecule has 5 heteroatoms. The van der Waals surface area contributed by atoms with Crippen LogP contribution in [-0.2, 0) is 0 Å². The number of thiophene rings is 1. The van der Waals surface area contributed by atoms with Gasteiger partial charge in [-0.2, -0.15) is 0 Å². The topological polar surface area (TPSA) is 21.3 Å². The Balaban J connectivity index is 2.53. The maximum Gasteiger partial charge on any atom is 0.124 e. The lowest BCUT2D eigenvalue weighted by atomic mass is 9.98. The fourth-order valence-corrected chi connectivity index (χ4v) is 5.01. The molecule has 102 valence electrons. The molecule has 0 saturated carbocycles. The summed E-state index contributed by atoms with van der Waals surface area (Å²) < 4.78 is 7.73. The molecule has 0 spiro atoms. The van der Waals surface area contributed by atoms with Crippen LogP contribution in [0.3, 0.4) is 0 Å². The third-order valence-corrected chi connectivity index (χ3v) is 5.36. The second-order valence-corrected chi connectivity index (χ2v) is 8.00. The van der Waals surface area contributed by atoms with Crippen LogP contribution in [0.2, 0.25) is 0 Å². The Labute approximate surface area is 134 Å². The molecule has 1 aromatic carbocycles. The van der Waals surface area contributed by atoms with Gasteiger partial charge in [0.25, 0.3) is 0 Å². The first-order valence-electron chi connectivity index (χ1n) is 5.83. The molecule has 2 aromatic rings. The molecule has 0 saturated heterocycles. The minimum atomic E-state index is 0.103. The van der Waals surface area contributed by atoms with E-state index in [0.717, 1.165) is 18.9 Å². The number of benzene rings is 1. The van der Waals surface area contributed by atoms with E-state index < -0.39 is 0 Å². The summed E-state index contributed by atoms with van der Waals surface area (Å²) in [6.45, 7) is 2.09. The smallest absolute Gasteiger partial charge is 0.124 e. The maximum atomic E-state index is 5.49. The van der Waals surface area contributed by atoms with E-state index in [0.29, 0.717) is 0 Å². The van der Waals surface area contributed by atoms with Gasteiger partial charge in [-0.05, 0) is 63.5 Å². The number of halogens is 2. The van der Waals surface area contributed by atoms with Crippen molar-refractivity contribution in [3.8, 4) is 5.75 Å². The van der Waals surface area contributed by atoms with E-state index in [4.69, 9.17) is 4.74 Å². The van der Waals surface area contributed by atoms with Gasteiger partial charge in [0.1, 0.15) is 5.75 Å². The standard InChI is InChI=1S/C14H15Br2NOS/c1-8-4-5-11(18-3)9(6-8)13(17-2)10-7-12(15)19-14(10)16/h4-7,13,17H,1-3H3. The number of methoxy groups -OCH3 is 1. The van der Waals surface area contributed by atoms with Crippen molar-refractivity contribution in [2.24, 2.45) is 0 Å². The van der Waals surface area contributed by atoms with Crippen molar-refractivity contribution < 1.29 is 4.74 Å². The van der Waals surface area contributed by atoms with Gasteiger partial charge >= 0.3 is 0 Å². The van der Waals surface area contributed by atoms with Crippen molar-refractivity contribution >= 4 is 43.2 Å². The van der Waals surface area contributed by atoms with E-state index in [1.807, 2.05) is 13.1 Å². The molecule has 0 aliphatic heterocycles. The van der Waals surface area contributed by atoms with Crippen molar-refractivity contribution in [2.75, 3.05) is 14.2 Å². The van der Waals surface area contributed by atoms with Crippen molar-refractivity contribution in [1.29, 1.82) is 0 Å². The molecule has 2 nitrogen and oxygen atoms in total. The molecule has 0 aliphatic rings. The quantitative estimate of drug-likeness (QED) is 0.782. The van der Waals surface area contributed by atoms with E-state index in [-0.39, 0.29) is 6.04 Å². The van der Waals surface area contributed by atoms with Crippen LogP contribution >= 0.6 is 43.2 Å². The van der Waals surface area contributed by atoms with Gasteiger partial charge in [-0.15, -0.1) is 11.3 Å². The molecule has 1 heterocycles. The van der Waals surface area contributed by atoms with Crippen LogP contribution in [0.1, 0.15) is 22.7 Å². The average molecular weight is 405 g/mol. The van der Waals surface area contributed by atoms with Crippen LogP contribution in [0.15, 0.2) is 31.8 Å². The summed E-state index contributed by atoms with van der Waals surface area (Å²) in [4.78, 5) is 0. The molecule has 1 atom stereocenters. The van der Waals surface area contributed by atoms with Crippen molar-refractivity contribution in [2.45, 2.75) is 13.0 Å². The fraction of sp³-hybridized carbons (Fsp3) is 0.286. The monoisotopic (exact) mass is 403 g/mol. The maximum absolute atomic E-state index is 5.49. The summed E-state index contributed by atoms with van der Waals surface area (Å²) in [5.41, 5.74) is 3.58. The molecule has 0 fully saturated rings. The zero-order chi connectivity index (χ0) is 14.0. The second-order valence-electron chi connectivity index (χ2n) is 4.25. The molecule has 0 bridgehead atoms. The predicted molar refractivity (Wildman–Crippen MR) is 88.4 cm³/mol. The van der Waals surface area contributed by atoms with Gasteiger partial charge in [-0.25, -0.2) is 0 Å². The molecule has 1 unspecified atom stereocenters. The first kappa shape index (κ1) is 15.0. The van der Waals surface area contributed by atoms with Gasteiger partial charge in [0, 0.05) is 5.56 Å². The summed E-state index contributed by atoms with van der Waals surface area (Å²) >= 11 is 8.84. The van der Waals surface area contributed by atoms with Crippen molar-refractivity contribution in [3.63, 3.8) is 0 Å². The van der Waals surface area contributed by atoms with Crippen molar-refractivity contribution in [3.05, 3.63) is 48.5 Å². The van der Waals surface area contributed by atoms with Crippen LogP contribution in [0.4, 0.5) is 0 Å². The van der Waals surface area contributed by atoms with Gasteiger partial charge in [0.05, 0.1) is 20.7 Å². The van der Waals surface area contributed by atoms with E-state index in [1.54, 1.807) is 18.4 Å². The lowest BCUT2D eigenvalue weighted by Crippen LogP contribution is -2.18. The molecule has 19 heavy (non-hydrogen) atoms. The minimum Gasteiger partial charge on any atom is -0.496 e. The lowest BCUT2D eigenvalue weighted by molar-refractivity contribution is 0.405. The summed E-state index contributed by atoms with van der Waals surface area (Å²) in [5, 5.41) is 3.37. The molecule has 1 N–H and O–H groups in total. The van der Waals surface area contributed by atoms with Crippen molar-refractivity contribution in [1.82, 2.24) is 5.32 Å². The second kappa shape index (κ2) is 6.39. The Morgan fingerprint density at radius 1 is 1.21 bits per heavy atom. The number of rotatable bonds is 4. The minimum absolute atomic E-state index is 0.103. The Morgan fingerprint density at radius 2 is 1.95 bits per heavy atom. The van der Waals surface area contributed by atoms with Crippen LogP contribution < -0.4 is 10.1 Å². The van der Waals surface area contributed by atoms with Crippen LogP contribution in [0.5, 0.6) is 5.75 Å². The van der Waals surface area contributed by atoms with Crippen LogP contribution in [-0.4, -0.2) is 14.2 Å². The molecule has 0 radical (unpaired) electrons. The normalized spacial score (nSPS) is 12.5. The molecule has 0 aliphatic carbocycles. The summed E-state index contributed by atoms with van der Waals surface area (Å²) in [7, 11) is 3.67. The summed E-state index contributed by atoms with van der Waals surface area (Å²) in [5.74, 6) is 0.902. The highest BCUT2D eigenvalue weighted by Crippen LogP contribution is 2.40. The molecule has 1 aromatic heterocycles. The lowest BCUT2D eigenvalue weighted by Gasteiger charge is -2.20. The Morgan fingerprint density at radius 3 is 2.47 bits per heavy atom. The van der Waals surface area contributed by atoms with Gasteiger partial charge in [0.2, 0.25) is 0 Å². The molecular weight excluding hydrogens is 390 g/mol. The van der Waals surface area contributed by atoms with Gasteiger partial charge in [-0.1, -0.05) is 17.7 Å². The first-order chi connectivity index (χ1) is 9.06. The number of ether oxygens (including phenoxy) is 1. The van der Waals surface area contributed by atoms with E-state index >= 15 is 0 Å². The van der Waals surface area contributed by atoms with Crippen LogP contribution in [0, 0.1) is 6.92 Å². The highest BCUT2D eigenvalue weighted by Gasteiger charge is 2.21. The Hall–Kier alpha value is -0.360. The third kappa shape index (κ3) is 3.21. The Kier molecular flexibility index (Phi) is 5.06. The van der Waals surface area contributed by atoms with E-state index in [1.165, 1.54) is 11.1 Å². The van der Waals surface area contributed by atoms with Gasteiger partial charge in [0.15, 0.2) is 0 Å².